The Labute approximate surface area is 195 Å². The summed E-state index contributed by atoms with van der Waals surface area (Å²) in [6.07, 6.45) is 0.697. The van der Waals surface area contributed by atoms with E-state index in [0.29, 0.717) is 25.4 Å². The minimum atomic E-state index is -0.743. The lowest BCUT2D eigenvalue weighted by molar-refractivity contribution is -0.124. The van der Waals surface area contributed by atoms with E-state index in [-0.39, 0.29) is 41.0 Å². The predicted octanol–water partition coefficient (Wildman–Crippen LogP) is 3.67. The quantitative estimate of drug-likeness (QED) is 0.563. The Morgan fingerprint density at radius 3 is 2.19 bits per heavy atom. The van der Waals surface area contributed by atoms with Gasteiger partial charge in [0.1, 0.15) is 35.8 Å². The van der Waals surface area contributed by atoms with E-state index in [1.807, 2.05) is 0 Å². The summed E-state index contributed by atoms with van der Waals surface area (Å²) in [5, 5.41) is 13.1. The summed E-state index contributed by atoms with van der Waals surface area (Å²) in [6.45, 7) is 1.60. The zero-order chi connectivity index (χ0) is 23.1. The van der Waals surface area contributed by atoms with Crippen molar-refractivity contribution in [2.45, 2.75) is 25.0 Å². The topological polar surface area (TPSA) is 71.0 Å². The second-order valence-corrected chi connectivity index (χ2v) is 8.36. The number of nitrogens with zero attached hydrogens (tertiary/aromatic N) is 1. The van der Waals surface area contributed by atoms with E-state index < -0.39 is 17.7 Å². The Hall–Kier alpha value is -2.13. The molecule has 1 amide bonds. The van der Waals surface area contributed by atoms with Gasteiger partial charge in [-0.25, -0.2) is 8.78 Å². The van der Waals surface area contributed by atoms with Gasteiger partial charge in [0.05, 0.1) is 10.0 Å². The van der Waals surface area contributed by atoms with Crippen LogP contribution in [0.25, 0.3) is 0 Å². The van der Waals surface area contributed by atoms with Gasteiger partial charge < -0.3 is 24.8 Å². The molecule has 1 saturated heterocycles. The molecule has 0 spiro atoms. The Morgan fingerprint density at radius 2 is 1.62 bits per heavy atom. The van der Waals surface area contributed by atoms with Crippen molar-refractivity contribution >= 4 is 29.1 Å². The number of aliphatic hydroxyl groups excluding tert-OH is 1. The lowest BCUT2D eigenvalue weighted by Crippen LogP contribution is -2.48. The van der Waals surface area contributed by atoms with Crippen molar-refractivity contribution in [1.82, 2.24) is 10.2 Å². The summed E-state index contributed by atoms with van der Waals surface area (Å²) in [5.41, 5.74) is 0. The van der Waals surface area contributed by atoms with Gasteiger partial charge in [0.2, 0.25) is 0 Å². The van der Waals surface area contributed by atoms with E-state index in [4.69, 9.17) is 32.7 Å². The lowest BCUT2D eigenvalue weighted by Gasteiger charge is -2.33. The highest BCUT2D eigenvalue weighted by Gasteiger charge is 2.22. The molecular weight excluding hydrogens is 465 g/mol. The highest BCUT2D eigenvalue weighted by Crippen LogP contribution is 2.21. The number of hydrogen-bond acceptors (Lipinski definition) is 5. The molecule has 1 aliphatic rings. The summed E-state index contributed by atoms with van der Waals surface area (Å²) in [6, 6.07) is 8.11. The van der Waals surface area contributed by atoms with E-state index >= 15 is 0 Å². The van der Waals surface area contributed by atoms with E-state index in [1.165, 1.54) is 24.3 Å². The van der Waals surface area contributed by atoms with Crippen LogP contribution in [-0.4, -0.2) is 60.9 Å². The molecule has 1 unspecified atom stereocenters. The Balaban J connectivity index is 1.33. The number of ether oxygens (including phenoxy) is 2. The van der Waals surface area contributed by atoms with Gasteiger partial charge in [-0.2, -0.15) is 0 Å². The fraction of sp³-hybridized carbons (Fsp3) is 0.409. The van der Waals surface area contributed by atoms with Crippen molar-refractivity contribution < 1.29 is 28.2 Å². The monoisotopic (exact) mass is 488 g/mol. The molecule has 1 fully saturated rings. The summed E-state index contributed by atoms with van der Waals surface area (Å²) >= 11 is 11.3. The smallest absolute Gasteiger partial charge is 0.258 e. The lowest BCUT2D eigenvalue weighted by atomic mass is 10.0. The number of halogens is 4. The summed E-state index contributed by atoms with van der Waals surface area (Å²) < 4.78 is 37.6. The van der Waals surface area contributed by atoms with Crippen molar-refractivity contribution in [3.8, 4) is 11.5 Å². The SMILES string of the molecule is O=C(COc1ccc(Cl)c(F)c1)NC1CCN(CC(O)COc2ccc(Cl)c(F)c2)CC1. The fourth-order valence-corrected chi connectivity index (χ4v) is 3.59. The first-order valence-electron chi connectivity index (χ1n) is 10.2. The summed E-state index contributed by atoms with van der Waals surface area (Å²) in [5.74, 6) is -0.939. The van der Waals surface area contributed by atoms with Crippen LogP contribution in [0.1, 0.15) is 12.8 Å². The molecule has 3 rings (SSSR count). The van der Waals surface area contributed by atoms with E-state index in [2.05, 4.69) is 10.2 Å². The Kier molecular flexibility index (Phi) is 8.92. The zero-order valence-corrected chi connectivity index (χ0v) is 18.7. The average molecular weight is 489 g/mol. The third kappa shape index (κ3) is 7.48. The van der Waals surface area contributed by atoms with Crippen molar-refractivity contribution in [3.63, 3.8) is 0 Å². The van der Waals surface area contributed by atoms with Gasteiger partial charge in [-0.3, -0.25) is 4.79 Å². The molecule has 0 aromatic heterocycles. The normalized spacial score (nSPS) is 15.9. The highest BCUT2D eigenvalue weighted by molar-refractivity contribution is 6.31. The summed E-state index contributed by atoms with van der Waals surface area (Å²) in [4.78, 5) is 14.2. The second kappa shape index (κ2) is 11.7. The molecule has 174 valence electrons. The third-order valence-electron chi connectivity index (χ3n) is 5.02. The highest BCUT2D eigenvalue weighted by atomic mass is 35.5. The molecule has 1 aliphatic heterocycles. The average Bonchev–Trinajstić information content (AvgIpc) is 2.77. The van der Waals surface area contributed by atoms with E-state index in [9.17, 15) is 18.7 Å². The molecule has 32 heavy (non-hydrogen) atoms. The molecule has 0 saturated carbocycles. The third-order valence-corrected chi connectivity index (χ3v) is 5.63. The van der Waals surface area contributed by atoms with Crippen LogP contribution in [0.15, 0.2) is 36.4 Å². The molecule has 0 bridgehead atoms. The number of nitrogens with one attached hydrogen (secondary N) is 1. The molecule has 0 aliphatic carbocycles. The molecule has 6 nitrogen and oxygen atoms in total. The molecule has 1 heterocycles. The molecular formula is C22H24Cl2F2N2O4. The maximum absolute atomic E-state index is 13.4. The number of piperidine rings is 1. The van der Waals surface area contributed by atoms with Gasteiger partial charge in [-0.15, -0.1) is 0 Å². The number of amides is 1. The van der Waals surface area contributed by atoms with Crippen molar-refractivity contribution in [3.05, 3.63) is 58.1 Å². The number of carbonyl (C=O) groups is 1. The van der Waals surface area contributed by atoms with Crippen LogP contribution in [0.4, 0.5) is 8.78 Å². The maximum atomic E-state index is 13.4. The Bertz CT molecular complexity index is 927. The van der Waals surface area contributed by atoms with Crippen molar-refractivity contribution in [2.75, 3.05) is 32.8 Å². The second-order valence-electron chi connectivity index (χ2n) is 7.55. The Morgan fingerprint density at radius 1 is 1.06 bits per heavy atom. The van der Waals surface area contributed by atoms with Crippen molar-refractivity contribution in [2.24, 2.45) is 0 Å². The van der Waals surface area contributed by atoms with Gasteiger partial charge >= 0.3 is 0 Å². The first-order chi connectivity index (χ1) is 15.3. The number of hydrogen-bond donors (Lipinski definition) is 2. The van der Waals surface area contributed by atoms with Crippen LogP contribution in [0, 0.1) is 11.6 Å². The number of β-amino-alcohol motifs (C(OH)–C–C–N with tert-alkyl or cyclic N) is 1. The van der Waals surface area contributed by atoms with Gasteiger partial charge in [-0.05, 0) is 37.1 Å². The van der Waals surface area contributed by atoms with Gasteiger partial charge in [0.25, 0.3) is 5.91 Å². The first-order valence-corrected chi connectivity index (χ1v) is 10.9. The molecule has 2 aromatic rings. The zero-order valence-electron chi connectivity index (χ0n) is 17.2. The number of rotatable bonds is 9. The van der Waals surface area contributed by atoms with Crippen LogP contribution >= 0.6 is 23.2 Å². The van der Waals surface area contributed by atoms with Crippen LogP contribution in [0.2, 0.25) is 10.0 Å². The minimum absolute atomic E-state index is 0.00487. The van der Waals surface area contributed by atoms with Gasteiger partial charge in [0.15, 0.2) is 6.61 Å². The maximum Gasteiger partial charge on any atom is 0.258 e. The molecule has 10 heteroatoms. The van der Waals surface area contributed by atoms with Crippen LogP contribution in [0.3, 0.4) is 0 Å². The van der Waals surface area contributed by atoms with Crippen LogP contribution in [0.5, 0.6) is 11.5 Å². The number of aliphatic hydroxyl groups is 1. The van der Waals surface area contributed by atoms with Gasteiger partial charge in [0, 0.05) is 37.8 Å². The number of benzene rings is 2. The largest absolute Gasteiger partial charge is 0.491 e. The van der Waals surface area contributed by atoms with Gasteiger partial charge in [-0.1, -0.05) is 23.2 Å². The fourth-order valence-electron chi connectivity index (χ4n) is 3.35. The number of likely N-dealkylation sites (tertiary alicyclic amines) is 1. The molecule has 1 atom stereocenters. The van der Waals surface area contributed by atoms with Crippen LogP contribution in [-0.2, 0) is 4.79 Å². The van der Waals surface area contributed by atoms with E-state index in [1.54, 1.807) is 6.07 Å². The molecule has 0 radical (unpaired) electrons. The molecule has 2 N–H and O–H groups in total. The summed E-state index contributed by atoms with van der Waals surface area (Å²) in [7, 11) is 0. The standard InChI is InChI=1S/C22H24Cl2F2N2O4/c23-18-3-1-16(9-20(18)25)31-12-15(29)11-28-7-5-14(6-8-28)27-22(30)13-32-17-2-4-19(24)21(26)10-17/h1-4,9-10,14-15,29H,5-8,11-13H2,(H,27,30). The predicted molar refractivity (Wildman–Crippen MR) is 117 cm³/mol. The molecule has 2 aromatic carbocycles. The van der Waals surface area contributed by atoms with Crippen molar-refractivity contribution in [1.29, 1.82) is 0 Å². The first kappa shape index (κ1) is 24.5. The minimum Gasteiger partial charge on any atom is -0.491 e. The van der Waals surface area contributed by atoms with Crippen LogP contribution < -0.4 is 14.8 Å². The number of carbonyl (C=O) groups excluding carboxylic acids is 1. The van der Waals surface area contributed by atoms with E-state index in [0.717, 1.165) is 18.9 Å².